The van der Waals surface area contributed by atoms with E-state index in [1.165, 1.54) is 0 Å². The first kappa shape index (κ1) is 12.3. The second kappa shape index (κ2) is 4.77. The largest absolute Gasteiger partial charge is 0.492 e. The lowest BCUT2D eigenvalue weighted by Gasteiger charge is -2.10. The van der Waals surface area contributed by atoms with Crippen LogP contribution in [0.25, 0.3) is 16.7 Å². The molecule has 0 bridgehead atoms. The first-order chi connectivity index (χ1) is 9.70. The van der Waals surface area contributed by atoms with Gasteiger partial charge in [-0.25, -0.2) is 4.79 Å². The first-order valence-corrected chi connectivity index (χ1v) is 6.43. The Kier molecular flexibility index (Phi) is 2.95. The van der Waals surface area contributed by atoms with Crippen LogP contribution in [0.1, 0.15) is 6.92 Å². The van der Waals surface area contributed by atoms with Crippen molar-refractivity contribution in [1.29, 1.82) is 0 Å². The van der Waals surface area contributed by atoms with Crippen LogP contribution in [0.15, 0.2) is 47.3 Å². The molecule has 0 radical (unpaired) electrons. The fraction of sp³-hybridized carbons (Fsp3) is 0.133. The Morgan fingerprint density at radius 2 is 2.05 bits per heavy atom. The number of benzene rings is 2. The minimum Gasteiger partial charge on any atom is -0.492 e. The van der Waals surface area contributed by atoms with E-state index >= 15 is 0 Å². The quantitative estimate of drug-likeness (QED) is 0.716. The van der Waals surface area contributed by atoms with Gasteiger partial charge >= 0.3 is 5.69 Å². The third-order valence-corrected chi connectivity index (χ3v) is 3.11. The van der Waals surface area contributed by atoms with Gasteiger partial charge in [-0.2, -0.15) is 0 Å². The zero-order valence-corrected chi connectivity index (χ0v) is 11.1. The predicted molar refractivity (Wildman–Crippen MR) is 79.5 cm³/mol. The molecule has 0 amide bonds. The van der Waals surface area contributed by atoms with Crippen molar-refractivity contribution in [2.24, 2.45) is 0 Å². The number of imidazole rings is 1. The van der Waals surface area contributed by atoms with Crippen molar-refractivity contribution >= 4 is 16.7 Å². The molecule has 0 unspecified atom stereocenters. The Bertz CT molecular complexity index is 817. The van der Waals surface area contributed by atoms with Gasteiger partial charge in [-0.15, -0.1) is 0 Å². The normalized spacial score (nSPS) is 10.8. The fourth-order valence-electron chi connectivity index (χ4n) is 2.28. The monoisotopic (exact) mass is 269 g/mol. The summed E-state index contributed by atoms with van der Waals surface area (Å²) in [5, 5.41) is 0. The summed E-state index contributed by atoms with van der Waals surface area (Å²) in [5.41, 5.74) is 8.40. The van der Waals surface area contributed by atoms with Gasteiger partial charge < -0.3 is 15.5 Å². The Morgan fingerprint density at radius 1 is 1.25 bits per heavy atom. The van der Waals surface area contributed by atoms with Crippen LogP contribution in [0, 0.1) is 0 Å². The summed E-state index contributed by atoms with van der Waals surface area (Å²) in [4.78, 5) is 15.0. The second-order valence-electron chi connectivity index (χ2n) is 4.44. The number of H-pyrrole nitrogens is 1. The summed E-state index contributed by atoms with van der Waals surface area (Å²) in [7, 11) is 0. The zero-order chi connectivity index (χ0) is 14.1. The number of aromatic nitrogens is 2. The number of rotatable bonds is 3. The van der Waals surface area contributed by atoms with Gasteiger partial charge in [0.2, 0.25) is 0 Å². The van der Waals surface area contributed by atoms with Crippen LogP contribution >= 0.6 is 0 Å². The maximum absolute atomic E-state index is 12.2. The maximum atomic E-state index is 12.2. The Balaban J connectivity index is 2.32. The molecule has 2 aromatic carbocycles. The molecule has 0 fully saturated rings. The van der Waals surface area contributed by atoms with Crippen molar-refractivity contribution in [3.63, 3.8) is 0 Å². The number of nitrogens with one attached hydrogen (secondary N) is 1. The van der Waals surface area contributed by atoms with E-state index in [9.17, 15) is 4.79 Å². The molecule has 20 heavy (non-hydrogen) atoms. The van der Waals surface area contributed by atoms with Crippen LogP contribution in [0.3, 0.4) is 0 Å². The molecule has 3 aromatic rings. The number of fused-ring (bicyclic) bond motifs is 1. The minimum absolute atomic E-state index is 0.210. The topological polar surface area (TPSA) is 73.0 Å². The number of ether oxygens (including phenoxy) is 1. The van der Waals surface area contributed by atoms with Gasteiger partial charge in [0, 0.05) is 5.69 Å². The summed E-state index contributed by atoms with van der Waals surface area (Å²) < 4.78 is 7.17. The molecular weight excluding hydrogens is 254 g/mol. The number of hydrogen-bond donors (Lipinski definition) is 2. The fourth-order valence-corrected chi connectivity index (χ4v) is 2.28. The van der Waals surface area contributed by atoms with E-state index in [0.717, 1.165) is 11.0 Å². The van der Waals surface area contributed by atoms with Crippen LogP contribution in [-0.2, 0) is 0 Å². The lowest BCUT2D eigenvalue weighted by atomic mass is 10.2. The van der Waals surface area contributed by atoms with Gasteiger partial charge in [-0.05, 0) is 37.3 Å². The number of nitrogens with zero attached hydrogens (tertiary/aromatic N) is 1. The standard InChI is InChI=1S/C15H15N3O2/c1-2-20-14-6-4-3-5-12(14)18-13-9-10(16)7-8-11(13)17-15(18)19/h3-9H,2,16H2,1H3,(H,17,19). The highest BCUT2D eigenvalue weighted by atomic mass is 16.5. The van der Waals surface area contributed by atoms with Gasteiger partial charge in [0.05, 0.1) is 23.3 Å². The Labute approximate surface area is 115 Å². The molecule has 0 spiro atoms. The number of nitrogens with two attached hydrogens (primary N) is 1. The average molecular weight is 269 g/mol. The van der Waals surface area contributed by atoms with Crippen LogP contribution in [0.5, 0.6) is 5.75 Å². The third-order valence-electron chi connectivity index (χ3n) is 3.11. The molecule has 0 aliphatic heterocycles. The van der Waals surface area contributed by atoms with Crippen LogP contribution in [0.4, 0.5) is 5.69 Å². The number of aromatic amines is 1. The highest BCUT2D eigenvalue weighted by Gasteiger charge is 2.12. The Hall–Kier alpha value is -2.69. The van der Waals surface area contributed by atoms with E-state index in [1.807, 2.05) is 31.2 Å². The minimum atomic E-state index is -0.210. The molecule has 0 atom stereocenters. The van der Waals surface area contributed by atoms with Crippen molar-refractivity contribution in [2.45, 2.75) is 6.92 Å². The highest BCUT2D eigenvalue weighted by Crippen LogP contribution is 2.25. The third kappa shape index (κ3) is 1.93. The molecule has 0 saturated heterocycles. The molecule has 1 aromatic heterocycles. The molecule has 1 heterocycles. The van der Waals surface area contributed by atoms with Crippen molar-refractivity contribution < 1.29 is 4.74 Å². The van der Waals surface area contributed by atoms with Crippen molar-refractivity contribution in [3.8, 4) is 11.4 Å². The summed E-state index contributed by atoms with van der Waals surface area (Å²) >= 11 is 0. The molecule has 0 aliphatic carbocycles. The van der Waals surface area contributed by atoms with E-state index in [-0.39, 0.29) is 5.69 Å². The number of anilines is 1. The molecule has 3 rings (SSSR count). The molecule has 0 aliphatic rings. The molecular formula is C15H15N3O2. The second-order valence-corrected chi connectivity index (χ2v) is 4.44. The van der Waals surface area contributed by atoms with Gasteiger partial charge in [0.15, 0.2) is 0 Å². The van der Waals surface area contributed by atoms with E-state index in [2.05, 4.69) is 4.98 Å². The van der Waals surface area contributed by atoms with E-state index in [0.29, 0.717) is 23.7 Å². The lowest BCUT2D eigenvalue weighted by Crippen LogP contribution is -2.15. The molecule has 3 N–H and O–H groups in total. The van der Waals surface area contributed by atoms with Gasteiger partial charge in [0.1, 0.15) is 5.75 Å². The van der Waals surface area contributed by atoms with Crippen LogP contribution < -0.4 is 16.2 Å². The van der Waals surface area contributed by atoms with Gasteiger partial charge in [-0.1, -0.05) is 12.1 Å². The van der Waals surface area contributed by atoms with Crippen molar-refractivity contribution in [2.75, 3.05) is 12.3 Å². The smallest absolute Gasteiger partial charge is 0.331 e. The van der Waals surface area contributed by atoms with Crippen LogP contribution in [-0.4, -0.2) is 16.2 Å². The van der Waals surface area contributed by atoms with Crippen LogP contribution in [0.2, 0.25) is 0 Å². The SMILES string of the molecule is CCOc1ccccc1-n1c(=O)[nH]c2ccc(N)cc21. The molecule has 0 saturated carbocycles. The van der Waals surface area contributed by atoms with Crippen molar-refractivity contribution in [1.82, 2.24) is 9.55 Å². The number of para-hydroxylation sites is 2. The zero-order valence-electron chi connectivity index (χ0n) is 11.1. The summed E-state index contributed by atoms with van der Waals surface area (Å²) in [6.07, 6.45) is 0. The summed E-state index contributed by atoms with van der Waals surface area (Å²) in [6.45, 7) is 2.45. The van der Waals surface area contributed by atoms with Crippen molar-refractivity contribution in [3.05, 3.63) is 52.9 Å². The van der Waals surface area contributed by atoms with E-state index < -0.39 is 0 Å². The van der Waals surface area contributed by atoms with Gasteiger partial charge in [-0.3, -0.25) is 4.57 Å². The molecule has 102 valence electrons. The van der Waals surface area contributed by atoms with E-state index in [4.69, 9.17) is 10.5 Å². The Morgan fingerprint density at radius 3 is 2.85 bits per heavy atom. The predicted octanol–water partition coefficient (Wildman–Crippen LogP) is 2.30. The average Bonchev–Trinajstić information content (AvgIpc) is 2.75. The lowest BCUT2D eigenvalue weighted by molar-refractivity contribution is 0.339. The molecule has 5 nitrogen and oxygen atoms in total. The summed E-state index contributed by atoms with van der Waals surface area (Å²) in [6, 6.07) is 12.8. The maximum Gasteiger partial charge on any atom is 0.331 e. The number of nitrogen functional groups attached to an aromatic ring is 1. The first-order valence-electron chi connectivity index (χ1n) is 6.43. The highest BCUT2D eigenvalue weighted by molar-refractivity contribution is 5.81. The van der Waals surface area contributed by atoms with Gasteiger partial charge in [0.25, 0.3) is 0 Å². The molecule has 5 heteroatoms. The summed E-state index contributed by atoms with van der Waals surface area (Å²) in [5.74, 6) is 0.667. The van der Waals surface area contributed by atoms with E-state index in [1.54, 1.807) is 22.8 Å². The number of hydrogen-bond acceptors (Lipinski definition) is 3.